The van der Waals surface area contributed by atoms with Crippen molar-refractivity contribution in [1.82, 2.24) is 10.3 Å². The summed E-state index contributed by atoms with van der Waals surface area (Å²) in [7, 11) is 1.60. The lowest BCUT2D eigenvalue weighted by Crippen LogP contribution is -2.40. The van der Waals surface area contributed by atoms with Gasteiger partial charge in [-0.1, -0.05) is 36.4 Å². The van der Waals surface area contributed by atoms with Crippen LogP contribution in [0.3, 0.4) is 0 Å². The van der Waals surface area contributed by atoms with Crippen LogP contribution in [0.15, 0.2) is 79.0 Å². The first-order valence-corrected chi connectivity index (χ1v) is 12.4. The van der Waals surface area contributed by atoms with Crippen LogP contribution >= 0.6 is 0 Å². The van der Waals surface area contributed by atoms with Crippen LogP contribution in [0.5, 0.6) is 11.5 Å². The number of fused-ring (bicyclic) bond motifs is 1. The number of nitrogens with one attached hydrogen (secondary N) is 2. The fourth-order valence-corrected chi connectivity index (χ4v) is 4.38. The number of carbonyl (C=O) groups is 2. The molecular weight excluding hydrogens is 480 g/mol. The number of H-pyrrole nitrogens is 1. The summed E-state index contributed by atoms with van der Waals surface area (Å²) in [6.45, 7) is -0.148. The van der Waals surface area contributed by atoms with Gasteiger partial charge >= 0.3 is 0 Å². The Hall–Kier alpha value is -4.61. The van der Waals surface area contributed by atoms with Gasteiger partial charge < -0.3 is 25.5 Å². The maximum absolute atomic E-state index is 13.4. The summed E-state index contributed by atoms with van der Waals surface area (Å²) >= 11 is 0. The number of aryl methyl sites for hydroxylation is 1. The molecule has 3 aromatic carbocycles. The second-order valence-corrected chi connectivity index (χ2v) is 8.93. The number of Topliss-reactive ketones (excluding diaryl/α,β-unsaturated/α-hetero) is 1. The number of hydrogen-bond donors (Lipinski definition) is 3. The number of aromatic nitrogens is 1. The first-order valence-electron chi connectivity index (χ1n) is 12.4. The van der Waals surface area contributed by atoms with Crippen LogP contribution in [-0.4, -0.2) is 36.9 Å². The van der Waals surface area contributed by atoms with Gasteiger partial charge in [-0.15, -0.1) is 0 Å². The number of hydrogen-bond acceptors (Lipinski definition) is 6. The molecule has 1 aromatic heterocycles. The largest absolute Gasteiger partial charge is 0.496 e. The molecule has 8 heteroatoms. The number of nitriles is 1. The van der Waals surface area contributed by atoms with E-state index in [0.717, 1.165) is 27.8 Å². The van der Waals surface area contributed by atoms with E-state index in [1.165, 1.54) is 0 Å². The average molecular weight is 511 g/mol. The van der Waals surface area contributed by atoms with Crippen LogP contribution in [0, 0.1) is 17.2 Å². The van der Waals surface area contributed by atoms with Crippen LogP contribution in [0.2, 0.25) is 0 Å². The third-order valence-electron chi connectivity index (χ3n) is 6.52. The molecule has 0 aliphatic carbocycles. The maximum atomic E-state index is 13.4. The van der Waals surface area contributed by atoms with Crippen molar-refractivity contribution in [2.75, 3.05) is 20.3 Å². The molecule has 0 aliphatic rings. The first-order chi connectivity index (χ1) is 18.5. The smallest absolute Gasteiger partial charge is 0.220 e. The molecule has 2 unspecified atom stereocenters. The molecule has 8 nitrogen and oxygen atoms in total. The summed E-state index contributed by atoms with van der Waals surface area (Å²) in [5, 5.41) is 12.8. The monoisotopic (exact) mass is 510 g/mol. The highest BCUT2D eigenvalue weighted by Crippen LogP contribution is 2.28. The summed E-state index contributed by atoms with van der Waals surface area (Å²) in [6.07, 6.45) is 2.55. The molecule has 1 heterocycles. The van der Waals surface area contributed by atoms with E-state index in [-0.39, 0.29) is 31.3 Å². The predicted molar refractivity (Wildman–Crippen MR) is 145 cm³/mol. The van der Waals surface area contributed by atoms with Crippen LogP contribution in [-0.2, 0) is 16.0 Å². The Morgan fingerprint density at radius 1 is 1.05 bits per heavy atom. The number of methoxy groups -OCH3 is 1. The van der Waals surface area contributed by atoms with E-state index in [4.69, 9.17) is 20.5 Å². The quantitative estimate of drug-likeness (QED) is 0.263. The molecule has 4 aromatic rings. The van der Waals surface area contributed by atoms with Crippen molar-refractivity contribution in [2.45, 2.75) is 18.9 Å². The van der Waals surface area contributed by atoms with E-state index in [2.05, 4.69) is 10.3 Å². The van der Waals surface area contributed by atoms with Crippen molar-refractivity contribution >= 4 is 22.6 Å². The molecule has 1 amide bonds. The number of nitrogens with two attached hydrogens (primary N) is 1. The molecule has 0 radical (unpaired) electrons. The van der Waals surface area contributed by atoms with Gasteiger partial charge in [-0.25, -0.2) is 0 Å². The summed E-state index contributed by atoms with van der Waals surface area (Å²) in [5.74, 6) is 0.0556. The van der Waals surface area contributed by atoms with Crippen LogP contribution in [0.1, 0.15) is 29.2 Å². The van der Waals surface area contributed by atoms with E-state index < -0.39 is 12.0 Å². The zero-order chi connectivity index (χ0) is 26.9. The van der Waals surface area contributed by atoms with Gasteiger partial charge in [-0.3, -0.25) is 9.59 Å². The molecule has 194 valence electrons. The van der Waals surface area contributed by atoms with E-state index in [1.807, 2.05) is 54.6 Å². The number of ketones is 1. The Labute approximate surface area is 221 Å². The highest BCUT2D eigenvalue weighted by Gasteiger charge is 2.29. The van der Waals surface area contributed by atoms with Gasteiger partial charge in [-0.05, 0) is 53.9 Å². The molecular formula is C30H30N4O4. The minimum absolute atomic E-state index is 0.0704. The van der Waals surface area contributed by atoms with Crippen LogP contribution in [0.4, 0.5) is 0 Å². The number of rotatable bonds is 12. The standard InChI is InChI=1S/C30H30N4O4/c1-37-28-9-5-2-6-21(28)12-15-29(36)34-18-25(27(35)19-38-22-13-10-20(16-31)11-14-22)30(32)24-17-33-26-8-4-3-7-23(24)26/h2-11,13-14,17,25,30,33H,12,15,18-19,32H2,1H3,(H,34,36). The lowest BCUT2D eigenvalue weighted by atomic mass is 9.90. The second kappa shape index (κ2) is 12.6. The minimum Gasteiger partial charge on any atom is -0.496 e. The molecule has 0 fully saturated rings. The van der Waals surface area contributed by atoms with Gasteiger partial charge in [0.05, 0.1) is 24.7 Å². The number of ether oxygens (including phenoxy) is 2. The number of carbonyl (C=O) groups excluding carboxylic acids is 2. The summed E-state index contributed by atoms with van der Waals surface area (Å²) in [5.41, 5.74) is 9.79. The topological polar surface area (TPSA) is 130 Å². The zero-order valence-electron chi connectivity index (χ0n) is 21.1. The zero-order valence-corrected chi connectivity index (χ0v) is 21.1. The minimum atomic E-state index is -0.720. The van der Waals surface area contributed by atoms with Crippen molar-refractivity contribution in [3.63, 3.8) is 0 Å². The number of benzene rings is 3. The Balaban J connectivity index is 1.45. The van der Waals surface area contributed by atoms with Gasteiger partial charge in [0.2, 0.25) is 5.91 Å². The normalized spacial score (nSPS) is 12.3. The predicted octanol–water partition coefficient (Wildman–Crippen LogP) is 4.06. The summed E-state index contributed by atoms with van der Waals surface area (Å²) in [4.78, 5) is 29.3. The number of para-hydroxylation sites is 2. The van der Waals surface area contributed by atoms with E-state index in [9.17, 15) is 9.59 Å². The number of amides is 1. The maximum Gasteiger partial charge on any atom is 0.220 e. The molecule has 4 rings (SSSR count). The molecule has 0 spiro atoms. The molecule has 0 saturated carbocycles. The SMILES string of the molecule is COc1ccccc1CCC(=O)NCC(C(=O)COc1ccc(C#N)cc1)C(N)c1c[nH]c2ccccc12. The van der Waals surface area contributed by atoms with Crippen molar-refractivity contribution in [3.8, 4) is 17.6 Å². The van der Waals surface area contributed by atoms with Gasteiger partial charge in [0, 0.05) is 36.1 Å². The molecule has 4 N–H and O–H groups in total. The fourth-order valence-electron chi connectivity index (χ4n) is 4.38. The molecule has 0 saturated heterocycles. The second-order valence-electron chi connectivity index (χ2n) is 8.93. The van der Waals surface area contributed by atoms with Crippen molar-refractivity contribution < 1.29 is 19.1 Å². The van der Waals surface area contributed by atoms with Crippen molar-refractivity contribution in [3.05, 3.63) is 95.7 Å². The Kier molecular flexibility index (Phi) is 8.75. The van der Waals surface area contributed by atoms with E-state index >= 15 is 0 Å². The molecule has 0 bridgehead atoms. The van der Waals surface area contributed by atoms with Crippen LogP contribution < -0.4 is 20.5 Å². The van der Waals surface area contributed by atoms with Gasteiger partial charge in [0.1, 0.15) is 18.1 Å². The average Bonchev–Trinajstić information content (AvgIpc) is 3.39. The number of aromatic amines is 1. The molecule has 0 aliphatic heterocycles. The third kappa shape index (κ3) is 6.38. The third-order valence-corrected chi connectivity index (χ3v) is 6.52. The Bertz CT molecular complexity index is 1440. The fraction of sp³-hybridized carbons (Fsp3) is 0.233. The lowest BCUT2D eigenvalue weighted by Gasteiger charge is -2.23. The van der Waals surface area contributed by atoms with Crippen molar-refractivity contribution in [2.24, 2.45) is 11.7 Å². The van der Waals surface area contributed by atoms with E-state index in [0.29, 0.717) is 17.7 Å². The highest BCUT2D eigenvalue weighted by atomic mass is 16.5. The van der Waals surface area contributed by atoms with Gasteiger partial charge in [0.15, 0.2) is 5.78 Å². The molecule has 2 atom stereocenters. The van der Waals surface area contributed by atoms with Crippen molar-refractivity contribution in [1.29, 1.82) is 5.26 Å². The van der Waals surface area contributed by atoms with Gasteiger partial charge in [-0.2, -0.15) is 5.26 Å². The Morgan fingerprint density at radius 2 is 1.79 bits per heavy atom. The summed E-state index contributed by atoms with van der Waals surface area (Å²) in [6, 6.07) is 23.2. The first kappa shape index (κ1) is 26.5. The van der Waals surface area contributed by atoms with E-state index in [1.54, 1.807) is 37.6 Å². The molecule has 38 heavy (non-hydrogen) atoms. The Morgan fingerprint density at radius 3 is 2.55 bits per heavy atom. The summed E-state index contributed by atoms with van der Waals surface area (Å²) < 4.78 is 11.1. The number of nitrogens with zero attached hydrogens (tertiary/aromatic N) is 1. The highest BCUT2D eigenvalue weighted by molar-refractivity contribution is 5.88. The van der Waals surface area contributed by atoms with Gasteiger partial charge in [0.25, 0.3) is 0 Å². The van der Waals surface area contributed by atoms with Crippen LogP contribution in [0.25, 0.3) is 10.9 Å². The lowest BCUT2D eigenvalue weighted by molar-refractivity contribution is -0.126.